The Hall–Kier alpha value is -0.570. The molecule has 1 aliphatic heterocycles. The lowest BCUT2D eigenvalue weighted by Crippen LogP contribution is -2.52. The second-order valence-corrected chi connectivity index (χ2v) is 4.28. The van der Waals surface area contributed by atoms with Gasteiger partial charge in [-0.15, -0.1) is 0 Å². The van der Waals surface area contributed by atoms with Crippen LogP contribution in [0.1, 0.15) is 52.4 Å². The summed E-state index contributed by atoms with van der Waals surface area (Å²) in [4.78, 5) is 16.9. The molecule has 3 nitrogen and oxygen atoms in total. The minimum Gasteiger partial charge on any atom is -0.272 e. The number of hydrogen-bond acceptors (Lipinski definition) is 2. The van der Waals surface area contributed by atoms with E-state index in [9.17, 15) is 4.79 Å². The molecule has 0 bridgehead atoms. The molecule has 1 heterocycles. The summed E-state index contributed by atoms with van der Waals surface area (Å²) in [6.07, 6.45) is 6.82. The van der Waals surface area contributed by atoms with Crippen LogP contribution in [0, 0.1) is 5.92 Å². The zero-order valence-electron chi connectivity index (χ0n) is 10.00. The summed E-state index contributed by atoms with van der Waals surface area (Å²) in [7, 11) is 0. The molecule has 0 aromatic rings. The van der Waals surface area contributed by atoms with Crippen LogP contribution in [0.2, 0.25) is 0 Å². The number of hydroxylamine groups is 2. The van der Waals surface area contributed by atoms with Gasteiger partial charge in [-0.2, -0.15) is 0 Å². The largest absolute Gasteiger partial charge is 0.272 e. The molecule has 0 aliphatic carbocycles. The van der Waals surface area contributed by atoms with Crippen LogP contribution < -0.4 is 0 Å². The van der Waals surface area contributed by atoms with E-state index in [1.807, 2.05) is 0 Å². The minimum atomic E-state index is 0.196. The molecule has 0 aromatic carbocycles. The van der Waals surface area contributed by atoms with Gasteiger partial charge in [-0.3, -0.25) is 9.63 Å². The van der Waals surface area contributed by atoms with Crippen molar-refractivity contribution in [2.24, 2.45) is 5.92 Å². The van der Waals surface area contributed by atoms with Crippen molar-refractivity contribution in [1.29, 1.82) is 0 Å². The maximum atomic E-state index is 11.6. The molecule has 1 atom stereocenters. The molecule has 1 saturated heterocycles. The van der Waals surface area contributed by atoms with Crippen LogP contribution in [0.3, 0.4) is 0 Å². The Morgan fingerprint density at radius 1 is 1.27 bits per heavy atom. The zero-order chi connectivity index (χ0) is 11.1. The number of rotatable bonds is 8. The number of nitrogens with zero attached hydrogens (tertiary/aromatic N) is 1. The highest BCUT2D eigenvalue weighted by Crippen LogP contribution is 2.23. The predicted molar refractivity (Wildman–Crippen MR) is 60.2 cm³/mol. The third-order valence-corrected chi connectivity index (χ3v) is 2.88. The van der Waals surface area contributed by atoms with Crippen molar-refractivity contribution >= 4 is 5.91 Å². The lowest BCUT2D eigenvalue weighted by atomic mass is 9.94. The van der Waals surface area contributed by atoms with Crippen molar-refractivity contribution in [3.63, 3.8) is 0 Å². The highest BCUT2D eigenvalue weighted by atomic mass is 16.7. The van der Waals surface area contributed by atoms with E-state index < -0.39 is 0 Å². The van der Waals surface area contributed by atoms with Gasteiger partial charge in [0.2, 0.25) is 0 Å². The van der Waals surface area contributed by atoms with E-state index in [0.717, 1.165) is 25.8 Å². The summed E-state index contributed by atoms with van der Waals surface area (Å²) in [6.45, 7) is 5.80. The maximum Gasteiger partial charge on any atom is 0.251 e. The van der Waals surface area contributed by atoms with Crippen LogP contribution in [0.15, 0.2) is 0 Å². The van der Waals surface area contributed by atoms with Gasteiger partial charge >= 0.3 is 0 Å². The van der Waals surface area contributed by atoms with Gasteiger partial charge in [-0.1, -0.05) is 39.5 Å². The number of amides is 1. The fourth-order valence-electron chi connectivity index (χ4n) is 1.75. The van der Waals surface area contributed by atoms with Crippen molar-refractivity contribution in [3.05, 3.63) is 0 Å². The van der Waals surface area contributed by atoms with Crippen LogP contribution in [0.4, 0.5) is 0 Å². The van der Waals surface area contributed by atoms with E-state index in [1.165, 1.54) is 24.3 Å². The van der Waals surface area contributed by atoms with E-state index in [0.29, 0.717) is 6.61 Å². The monoisotopic (exact) mass is 213 g/mol. The SMILES string of the molecule is CCCCCC1CN(OCCCC)C1=O. The fraction of sp³-hybridized carbons (Fsp3) is 0.917. The Morgan fingerprint density at radius 3 is 2.60 bits per heavy atom. The summed E-state index contributed by atoms with van der Waals surface area (Å²) < 4.78 is 0. The fourth-order valence-corrected chi connectivity index (χ4v) is 1.75. The third-order valence-electron chi connectivity index (χ3n) is 2.88. The third kappa shape index (κ3) is 3.82. The first-order chi connectivity index (χ1) is 7.29. The smallest absolute Gasteiger partial charge is 0.251 e. The molecule has 1 unspecified atom stereocenters. The normalized spacial score (nSPS) is 20.5. The van der Waals surface area contributed by atoms with Gasteiger partial charge in [0.1, 0.15) is 0 Å². The van der Waals surface area contributed by atoms with Crippen LogP contribution in [0.25, 0.3) is 0 Å². The highest BCUT2D eigenvalue weighted by Gasteiger charge is 2.36. The van der Waals surface area contributed by atoms with Gasteiger partial charge in [0.05, 0.1) is 19.1 Å². The molecule has 3 heteroatoms. The Morgan fingerprint density at radius 2 is 2.00 bits per heavy atom. The minimum absolute atomic E-state index is 0.196. The van der Waals surface area contributed by atoms with Crippen molar-refractivity contribution < 1.29 is 9.63 Å². The van der Waals surface area contributed by atoms with Crippen LogP contribution in [0.5, 0.6) is 0 Å². The average molecular weight is 213 g/mol. The lowest BCUT2D eigenvalue weighted by Gasteiger charge is -2.37. The topological polar surface area (TPSA) is 29.5 Å². The maximum absolute atomic E-state index is 11.6. The Balaban J connectivity index is 2.04. The molecule has 0 aromatic heterocycles. The molecule has 88 valence electrons. The summed E-state index contributed by atoms with van der Waals surface area (Å²) in [6, 6.07) is 0. The molecular formula is C12H23NO2. The molecule has 0 spiro atoms. The van der Waals surface area contributed by atoms with Crippen LogP contribution >= 0.6 is 0 Å². The van der Waals surface area contributed by atoms with Gasteiger partial charge in [0.15, 0.2) is 0 Å². The van der Waals surface area contributed by atoms with E-state index >= 15 is 0 Å². The van der Waals surface area contributed by atoms with Crippen molar-refractivity contribution in [2.45, 2.75) is 52.4 Å². The van der Waals surface area contributed by atoms with Gasteiger partial charge in [-0.25, -0.2) is 5.06 Å². The molecule has 1 fully saturated rings. The Kier molecular flexibility index (Phi) is 5.69. The van der Waals surface area contributed by atoms with Gasteiger partial charge < -0.3 is 0 Å². The molecular weight excluding hydrogens is 190 g/mol. The van der Waals surface area contributed by atoms with Crippen LogP contribution in [-0.4, -0.2) is 24.1 Å². The lowest BCUT2D eigenvalue weighted by molar-refractivity contribution is -0.221. The molecule has 15 heavy (non-hydrogen) atoms. The van der Waals surface area contributed by atoms with E-state index in [2.05, 4.69) is 13.8 Å². The van der Waals surface area contributed by atoms with E-state index in [-0.39, 0.29) is 11.8 Å². The second kappa shape index (κ2) is 6.83. The van der Waals surface area contributed by atoms with E-state index in [1.54, 1.807) is 0 Å². The summed E-state index contributed by atoms with van der Waals surface area (Å²) in [5.74, 6) is 0.445. The molecule has 0 N–H and O–H groups in total. The average Bonchev–Trinajstić information content (AvgIpc) is 2.25. The van der Waals surface area contributed by atoms with Crippen LogP contribution in [-0.2, 0) is 9.63 Å². The van der Waals surface area contributed by atoms with Gasteiger partial charge in [-0.05, 0) is 12.8 Å². The van der Waals surface area contributed by atoms with Crippen molar-refractivity contribution in [2.75, 3.05) is 13.2 Å². The Bertz CT molecular complexity index is 176. The first-order valence-corrected chi connectivity index (χ1v) is 6.23. The molecule has 1 amide bonds. The highest BCUT2D eigenvalue weighted by molar-refractivity contribution is 5.83. The first kappa shape index (κ1) is 12.5. The molecule has 0 saturated carbocycles. The number of unbranched alkanes of at least 4 members (excludes halogenated alkanes) is 3. The quantitative estimate of drug-likeness (QED) is 0.458. The predicted octanol–water partition coefficient (Wildman–Crippen LogP) is 2.76. The Labute approximate surface area is 92.7 Å². The number of β-lactam (4-membered cyclic amide) rings is 1. The first-order valence-electron chi connectivity index (χ1n) is 6.23. The zero-order valence-corrected chi connectivity index (χ0v) is 10.00. The van der Waals surface area contributed by atoms with Gasteiger partial charge in [0.25, 0.3) is 5.91 Å². The summed E-state index contributed by atoms with van der Waals surface area (Å²) in [5, 5.41) is 1.53. The second-order valence-electron chi connectivity index (χ2n) is 4.28. The van der Waals surface area contributed by atoms with Crippen molar-refractivity contribution in [1.82, 2.24) is 5.06 Å². The number of hydrogen-bond donors (Lipinski definition) is 0. The van der Waals surface area contributed by atoms with E-state index in [4.69, 9.17) is 4.84 Å². The molecule has 0 radical (unpaired) electrons. The molecule has 1 aliphatic rings. The molecule has 1 rings (SSSR count). The number of carbonyl (C=O) groups excluding carboxylic acids is 1. The van der Waals surface area contributed by atoms with Crippen molar-refractivity contribution in [3.8, 4) is 0 Å². The van der Waals surface area contributed by atoms with Gasteiger partial charge in [0, 0.05) is 0 Å². The summed E-state index contributed by atoms with van der Waals surface area (Å²) >= 11 is 0. The number of carbonyl (C=O) groups is 1. The summed E-state index contributed by atoms with van der Waals surface area (Å²) in [5.41, 5.74) is 0. The standard InChI is InChI=1S/C12H23NO2/c1-3-5-7-8-11-10-13(12(11)14)15-9-6-4-2/h11H,3-10H2,1-2H3.